The Morgan fingerprint density at radius 1 is 1.37 bits per heavy atom. The Morgan fingerprint density at radius 2 is 2.16 bits per heavy atom. The molecule has 0 aliphatic carbocycles. The van der Waals surface area contributed by atoms with Crippen molar-refractivity contribution in [3.63, 3.8) is 0 Å². The Morgan fingerprint density at radius 3 is 2.89 bits per heavy atom. The molecule has 0 bridgehead atoms. The van der Waals surface area contributed by atoms with Crippen molar-refractivity contribution in [3.8, 4) is 5.75 Å². The maximum Gasteiger partial charge on any atom is 0.418 e. The average molecular weight is 295 g/mol. The van der Waals surface area contributed by atoms with Crippen LogP contribution in [0.1, 0.15) is 13.3 Å². The predicted octanol–water partition coefficient (Wildman–Crippen LogP) is 3.65. The largest absolute Gasteiger partial charge is 0.418 e. The van der Waals surface area contributed by atoms with Crippen molar-refractivity contribution < 1.29 is 9.53 Å². The maximum absolute atomic E-state index is 11.6. The minimum atomic E-state index is -0.561. The third kappa shape index (κ3) is 4.53. The zero-order valence-electron chi connectivity index (χ0n) is 10.3. The van der Waals surface area contributed by atoms with Gasteiger partial charge < -0.3 is 4.74 Å². The number of thioether (sulfide) groups is 1. The second-order valence-electron chi connectivity index (χ2n) is 3.55. The van der Waals surface area contributed by atoms with E-state index in [1.807, 2.05) is 6.07 Å². The Bertz CT molecular complexity index is 531. The van der Waals surface area contributed by atoms with Gasteiger partial charge in [-0.25, -0.2) is 4.79 Å². The molecule has 0 fully saturated rings. The van der Waals surface area contributed by atoms with Gasteiger partial charge in [-0.15, -0.1) is 10.2 Å². The first kappa shape index (κ1) is 13.8. The van der Waals surface area contributed by atoms with Gasteiger partial charge in [0, 0.05) is 5.75 Å². The molecule has 5 nitrogen and oxygen atoms in total. The number of nitrogens with one attached hydrogen (secondary N) is 1. The Hall–Kier alpha value is -1.60. The molecule has 0 radical (unpaired) electrons. The Balaban J connectivity index is 1.86. The normalized spacial score (nSPS) is 10.2. The van der Waals surface area contributed by atoms with Crippen molar-refractivity contribution in [2.24, 2.45) is 0 Å². The highest BCUT2D eigenvalue weighted by atomic mass is 32.2. The van der Waals surface area contributed by atoms with E-state index in [0.29, 0.717) is 10.9 Å². The molecule has 2 rings (SSSR count). The Kier molecular flexibility index (Phi) is 5.17. The van der Waals surface area contributed by atoms with Gasteiger partial charge >= 0.3 is 6.09 Å². The molecule has 1 amide bonds. The molecular formula is C12H13N3O2S2. The molecule has 19 heavy (non-hydrogen) atoms. The number of carbonyl (C=O) groups excluding carboxylic acids is 1. The van der Waals surface area contributed by atoms with Gasteiger partial charge in [0.25, 0.3) is 0 Å². The molecule has 1 N–H and O–H groups in total. The van der Waals surface area contributed by atoms with Crippen LogP contribution in [0.4, 0.5) is 9.93 Å². The summed E-state index contributed by atoms with van der Waals surface area (Å²) in [5.41, 5.74) is 0. The first-order chi connectivity index (χ1) is 9.28. The van der Waals surface area contributed by atoms with Gasteiger partial charge in [-0.2, -0.15) is 0 Å². The monoisotopic (exact) mass is 295 g/mol. The number of aromatic nitrogens is 2. The smallest absolute Gasteiger partial charge is 0.410 e. The minimum Gasteiger partial charge on any atom is -0.410 e. The molecule has 0 atom stereocenters. The van der Waals surface area contributed by atoms with E-state index in [1.165, 1.54) is 11.3 Å². The standard InChI is InChI=1S/C12H13N3O2S2/c1-2-8-18-12-15-14-10(19-12)13-11(16)17-9-6-4-3-5-7-9/h3-7H,2,8H2,1H3,(H,13,14,16). The van der Waals surface area contributed by atoms with Gasteiger partial charge in [-0.05, 0) is 18.6 Å². The van der Waals surface area contributed by atoms with E-state index in [9.17, 15) is 4.79 Å². The van der Waals surface area contributed by atoms with Gasteiger partial charge in [-0.1, -0.05) is 48.2 Å². The summed E-state index contributed by atoms with van der Waals surface area (Å²) in [7, 11) is 0. The summed E-state index contributed by atoms with van der Waals surface area (Å²) < 4.78 is 5.94. The summed E-state index contributed by atoms with van der Waals surface area (Å²) in [4.78, 5) is 11.6. The zero-order valence-corrected chi connectivity index (χ0v) is 12.0. The third-order valence-corrected chi connectivity index (χ3v) is 4.18. The van der Waals surface area contributed by atoms with Crippen molar-refractivity contribution in [1.29, 1.82) is 0 Å². The molecule has 1 heterocycles. The highest BCUT2D eigenvalue weighted by Crippen LogP contribution is 2.25. The fraction of sp³-hybridized carbons (Fsp3) is 0.250. The van der Waals surface area contributed by atoms with Crippen LogP contribution in [0.2, 0.25) is 0 Å². The van der Waals surface area contributed by atoms with Crippen molar-refractivity contribution in [1.82, 2.24) is 10.2 Å². The molecule has 0 spiro atoms. The maximum atomic E-state index is 11.6. The molecule has 0 saturated carbocycles. The van der Waals surface area contributed by atoms with Crippen LogP contribution in [0, 0.1) is 0 Å². The van der Waals surface area contributed by atoms with Crippen LogP contribution in [-0.2, 0) is 0 Å². The number of hydrogen-bond acceptors (Lipinski definition) is 6. The van der Waals surface area contributed by atoms with Gasteiger partial charge in [-0.3, -0.25) is 5.32 Å². The number of para-hydroxylation sites is 1. The molecule has 1 aromatic carbocycles. The molecular weight excluding hydrogens is 282 g/mol. The second-order valence-corrected chi connectivity index (χ2v) is 5.87. The first-order valence-electron chi connectivity index (χ1n) is 5.78. The van der Waals surface area contributed by atoms with E-state index < -0.39 is 6.09 Å². The summed E-state index contributed by atoms with van der Waals surface area (Å²) in [6.45, 7) is 2.10. The minimum absolute atomic E-state index is 0.444. The number of hydrogen-bond donors (Lipinski definition) is 1. The van der Waals surface area contributed by atoms with Gasteiger partial charge in [0.1, 0.15) is 5.75 Å². The predicted molar refractivity (Wildman–Crippen MR) is 77.0 cm³/mol. The van der Waals surface area contributed by atoms with E-state index in [4.69, 9.17) is 4.74 Å². The highest BCUT2D eigenvalue weighted by molar-refractivity contribution is 8.01. The van der Waals surface area contributed by atoms with Crippen LogP contribution in [0.15, 0.2) is 34.7 Å². The quantitative estimate of drug-likeness (QED) is 0.673. The lowest BCUT2D eigenvalue weighted by Gasteiger charge is -2.02. The van der Waals surface area contributed by atoms with E-state index in [2.05, 4.69) is 22.4 Å². The Labute approximate surface area is 119 Å². The van der Waals surface area contributed by atoms with Crippen LogP contribution in [0.3, 0.4) is 0 Å². The van der Waals surface area contributed by atoms with E-state index in [-0.39, 0.29) is 0 Å². The van der Waals surface area contributed by atoms with Gasteiger partial charge in [0.05, 0.1) is 0 Å². The van der Waals surface area contributed by atoms with Crippen molar-refractivity contribution in [3.05, 3.63) is 30.3 Å². The van der Waals surface area contributed by atoms with Gasteiger partial charge in [0.15, 0.2) is 4.34 Å². The number of ether oxygens (including phenoxy) is 1. The molecule has 0 aliphatic rings. The molecule has 7 heteroatoms. The average Bonchev–Trinajstić information content (AvgIpc) is 2.85. The lowest BCUT2D eigenvalue weighted by atomic mass is 10.3. The zero-order chi connectivity index (χ0) is 13.5. The molecule has 0 saturated heterocycles. The second kappa shape index (κ2) is 7.10. The van der Waals surface area contributed by atoms with Crippen molar-refractivity contribution >= 4 is 34.3 Å². The van der Waals surface area contributed by atoms with E-state index >= 15 is 0 Å². The first-order valence-corrected chi connectivity index (χ1v) is 7.58. The number of nitrogens with zero attached hydrogens (tertiary/aromatic N) is 2. The van der Waals surface area contributed by atoms with E-state index in [0.717, 1.165) is 16.5 Å². The summed E-state index contributed by atoms with van der Waals surface area (Å²) in [6.07, 6.45) is 0.512. The van der Waals surface area contributed by atoms with Crippen LogP contribution in [0.5, 0.6) is 5.75 Å². The lowest BCUT2D eigenvalue weighted by molar-refractivity contribution is 0.215. The molecule has 0 aliphatic heterocycles. The molecule has 0 unspecified atom stereocenters. The van der Waals surface area contributed by atoms with Crippen LogP contribution < -0.4 is 10.1 Å². The summed E-state index contributed by atoms with van der Waals surface area (Å²) >= 11 is 2.97. The molecule has 1 aromatic heterocycles. The van der Waals surface area contributed by atoms with Crippen LogP contribution in [-0.4, -0.2) is 22.0 Å². The summed E-state index contributed by atoms with van der Waals surface area (Å²) in [6, 6.07) is 8.87. The van der Waals surface area contributed by atoms with Crippen LogP contribution in [0.25, 0.3) is 0 Å². The SMILES string of the molecule is CCCSc1nnc(NC(=O)Oc2ccccc2)s1. The number of carbonyl (C=O) groups is 1. The van der Waals surface area contributed by atoms with E-state index in [1.54, 1.807) is 36.0 Å². The summed E-state index contributed by atoms with van der Waals surface area (Å²) in [5, 5.41) is 10.9. The molecule has 2 aromatic rings. The number of amides is 1. The summed E-state index contributed by atoms with van der Waals surface area (Å²) in [5.74, 6) is 1.48. The number of anilines is 1. The number of rotatable bonds is 5. The van der Waals surface area contributed by atoms with Crippen molar-refractivity contribution in [2.45, 2.75) is 17.7 Å². The molecule has 100 valence electrons. The number of benzene rings is 1. The van der Waals surface area contributed by atoms with Crippen molar-refractivity contribution in [2.75, 3.05) is 11.1 Å². The highest BCUT2D eigenvalue weighted by Gasteiger charge is 2.09. The third-order valence-electron chi connectivity index (χ3n) is 2.00. The fourth-order valence-corrected chi connectivity index (χ4v) is 2.88. The lowest BCUT2D eigenvalue weighted by Crippen LogP contribution is -2.16. The fourth-order valence-electron chi connectivity index (χ4n) is 1.22. The van der Waals surface area contributed by atoms with Crippen LogP contribution >= 0.6 is 23.1 Å². The van der Waals surface area contributed by atoms with Gasteiger partial charge in [0.2, 0.25) is 5.13 Å². The topological polar surface area (TPSA) is 64.1 Å².